The molecule has 0 aromatic carbocycles. The predicted molar refractivity (Wildman–Crippen MR) is 108 cm³/mol. The Morgan fingerprint density at radius 2 is 1.64 bits per heavy atom. The van der Waals surface area contributed by atoms with E-state index in [4.69, 9.17) is 5.11 Å². The standard InChI is InChI=1S/C24H38O4/c1-14(12-21(26)22(27)28)18-6-7-19-17-5-4-15-13-16(25)8-10-23(15,2)20(17)9-11-24(18,19)3/h14-20,25H,4-13H2,1-3H3,(H,27,28)/t14-,15?,16-,17+,18-,19+,20+,23+,24-/m1/s1. The number of aliphatic hydroxyl groups excluding tert-OH is 1. The van der Waals surface area contributed by atoms with E-state index in [0.717, 1.165) is 37.0 Å². The van der Waals surface area contributed by atoms with Crippen molar-refractivity contribution in [2.45, 2.75) is 91.1 Å². The van der Waals surface area contributed by atoms with E-state index in [2.05, 4.69) is 20.8 Å². The number of carboxylic acids is 1. The first-order chi connectivity index (χ1) is 13.2. The van der Waals surface area contributed by atoms with Gasteiger partial charge in [-0.1, -0.05) is 20.8 Å². The second-order valence-corrected chi connectivity index (χ2v) is 11.2. The number of carboxylic acid groups (broad SMARTS) is 1. The number of fused-ring (bicyclic) bond motifs is 5. The minimum absolute atomic E-state index is 0.0908. The van der Waals surface area contributed by atoms with Gasteiger partial charge in [-0.3, -0.25) is 4.79 Å². The van der Waals surface area contributed by atoms with E-state index in [9.17, 15) is 14.7 Å². The van der Waals surface area contributed by atoms with Gasteiger partial charge in [0.2, 0.25) is 5.78 Å². The van der Waals surface area contributed by atoms with Crippen molar-refractivity contribution in [3.05, 3.63) is 0 Å². The Morgan fingerprint density at radius 3 is 2.36 bits per heavy atom. The lowest BCUT2D eigenvalue weighted by molar-refractivity contribution is -0.150. The smallest absolute Gasteiger partial charge is 0.372 e. The van der Waals surface area contributed by atoms with E-state index in [1.165, 1.54) is 38.5 Å². The fourth-order valence-corrected chi connectivity index (χ4v) is 8.73. The summed E-state index contributed by atoms with van der Waals surface area (Å²) in [4.78, 5) is 22.8. The lowest BCUT2D eigenvalue weighted by atomic mass is 9.44. The first kappa shape index (κ1) is 20.4. The highest BCUT2D eigenvalue weighted by atomic mass is 16.4. The molecule has 0 saturated heterocycles. The summed E-state index contributed by atoms with van der Waals surface area (Å²) < 4.78 is 0. The maximum Gasteiger partial charge on any atom is 0.372 e. The minimum Gasteiger partial charge on any atom is -0.476 e. The quantitative estimate of drug-likeness (QED) is 0.683. The van der Waals surface area contributed by atoms with Crippen molar-refractivity contribution in [3.63, 3.8) is 0 Å². The Labute approximate surface area is 169 Å². The molecule has 4 heteroatoms. The third-order valence-electron chi connectivity index (χ3n) is 10.1. The van der Waals surface area contributed by atoms with Crippen molar-refractivity contribution in [2.75, 3.05) is 0 Å². The zero-order valence-electron chi connectivity index (χ0n) is 17.8. The average Bonchev–Trinajstić information content (AvgIpc) is 2.99. The predicted octanol–water partition coefficient (Wildman–Crippen LogP) is 4.69. The minimum atomic E-state index is -1.28. The second kappa shape index (κ2) is 7.11. The third kappa shape index (κ3) is 3.05. The van der Waals surface area contributed by atoms with Gasteiger partial charge >= 0.3 is 5.97 Å². The van der Waals surface area contributed by atoms with Crippen LogP contribution >= 0.6 is 0 Å². The van der Waals surface area contributed by atoms with Crippen LogP contribution in [0.25, 0.3) is 0 Å². The SMILES string of the molecule is C[C@H](CC(=O)C(=O)O)[C@H]1CC[C@H]2[C@@H]3CCC4C[C@H](O)CC[C@]4(C)[C@H]3CC[C@]12C. The molecule has 28 heavy (non-hydrogen) atoms. The molecule has 0 bridgehead atoms. The van der Waals surface area contributed by atoms with Crippen molar-refractivity contribution >= 4 is 11.8 Å². The van der Waals surface area contributed by atoms with E-state index in [1.54, 1.807) is 0 Å². The molecular formula is C24H38O4. The highest BCUT2D eigenvalue weighted by molar-refractivity contribution is 6.32. The largest absolute Gasteiger partial charge is 0.476 e. The summed E-state index contributed by atoms with van der Waals surface area (Å²) in [6.45, 7) is 7.07. The van der Waals surface area contributed by atoms with Crippen LogP contribution in [0, 0.1) is 46.3 Å². The molecule has 9 atom stereocenters. The highest BCUT2D eigenvalue weighted by Gasteiger charge is 2.60. The molecule has 0 heterocycles. The normalized spacial score (nSPS) is 48.9. The van der Waals surface area contributed by atoms with Gasteiger partial charge in [0, 0.05) is 6.42 Å². The maximum absolute atomic E-state index is 11.8. The lowest BCUT2D eigenvalue weighted by Gasteiger charge is -2.61. The lowest BCUT2D eigenvalue weighted by Crippen LogP contribution is -2.54. The number of carbonyl (C=O) groups excluding carboxylic acids is 1. The molecule has 0 aromatic rings. The van der Waals surface area contributed by atoms with Gasteiger partial charge in [-0.25, -0.2) is 4.79 Å². The Balaban J connectivity index is 1.52. The molecule has 4 fully saturated rings. The first-order valence-electron chi connectivity index (χ1n) is 11.6. The van der Waals surface area contributed by atoms with E-state index >= 15 is 0 Å². The highest BCUT2D eigenvalue weighted by Crippen LogP contribution is 2.68. The van der Waals surface area contributed by atoms with Crippen LogP contribution in [0.2, 0.25) is 0 Å². The molecule has 2 N–H and O–H groups in total. The van der Waals surface area contributed by atoms with Gasteiger partial charge in [0.15, 0.2) is 0 Å². The zero-order chi connectivity index (χ0) is 20.3. The molecule has 0 amide bonds. The Kier molecular flexibility index (Phi) is 5.17. The Morgan fingerprint density at radius 1 is 0.964 bits per heavy atom. The van der Waals surface area contributed by atoms with Gasteiger partial charge in [-0.15, -0.1) is 0 Å². The zero-order valence-corrected chi connectivity index (χ0v) is 17.8. The van der Waals surface area contributed by atoms with Crippen LogP contribution < -0.4 is 0 Å². The molecule has 1 unspecified atom stereocenters. The van der Waals surface area contributed by atoms with E-state index in [0.29, 0.717) is 17.3 Å². The molecule has 4 rings (SSSR count). The second-order valence-electron chi connectivity index (χ2n) is 11.2. The molecule has 158 valence electrons. The average molecular weight is 391 g/mol. The van der Waals surface area contributed by atoms with Crippen LogP contribution in [0.1, 0.15) is 85.0 Å². The van der Waals surface area contributed by atoms with Gasteiger partial charge in [-0.2, -0.15) is 0 Å². The molecule has 4 aliphatic carbocycles. The molecular weight excluding hydrogens is 352 g/mol. The Hall–Kier alpha value is -0.900. The van der Waals surface area contributed by atoms with Crippen molar-refractivity contribution in [1.82, 2.24) is 0 Å². The van der Waals surface area contributed by atoms with Gasteiger partial charge in [0.25, 0.3) is 0 Å². The van der Waals surface area contributed by atoms with E-state index < -0.39 is 11.8 Å². The summed E-state index contributed by atoms with van der Waals surface area (Å²) in [6, 6.07) is 0. The monoisotopic (exact) mass is 390 g/mol. The number of Topliss-reactive ketones (excluding diaryl/α,β-unsaturated/α-hetero) is 1. The van der Waals surface area contributed by atoms with Crippen LogP contribution in [-0.2, 0) is 9.59 Å². The summed E-state index contributed by atoms with van der Waals surface area (Å²) in [5.41, 5.74) is 0.656. The maximum atomic E-state index is 11.8. The van der Waals surface area contributed by atoms with E-state index in [1.807, 2.05) is 0 Å². The van der Waals surface area contributed by atoms with E-state index in [-0.39, 0.29) is 23.9 Å². The summed E-state index contributed by atoms with van der Waals surface area (Å²) in [5, 5.41) is 19.2. The number of carbonyl (C=O) groups is 2. The van der Waals surface area contributed by atoms with Crippen molar-refractivity contribution in [1.29, 1.82) is 0 Å². The fourth-order valence-electron chi connectivity index (χ4n) is 8.73. The fraction of sp³-hybridized carbons (Fsp3) is 0.917. The number of aliphatic hydroxyl groups is 1. The number of ketones is 1. The van der Waals surface area contributed by atoms with Crippen molar-refractivity contribution in [3.8, 4) is 0 Å². The van der Waals surface area contributed by atoms with Crippen LogP contribution in [0.5, 0.6) is 0 Å². The van der Waals surface area contributed by atoms with Crippen molar-refractivity contribution in [2.24, 2.45) is 46.3 Å². The number of rotatable bonds is 4. The number of hydrogen-bond donors (Lipinski definition) is 2. The topological polar surface area (TPSA) is 74.6 Å². The van der Waals surface area contributed by atoms with Gasteiger partial charge in [-0.05, 0) is 104 Å². The van der Waals surface area contributed by atoms with Crippen molar-refractivity contribution < 1.29 is 19.8 Å². The number of aliphatic carboxylic acids is 1. The Bertz CT molecular complexity index is 645. The molecule has 0 radical (unpaired) electrons. The van der Waals surface area contributed by atoms with Gasteiger partial charge in [0.1, 0.15) is 0 Å². The van der Waals surface area contributed by atoms with Gasteiger partial charge < -0.3 is 10.2 Å². The molecule has 0 aromatic heterocycles. The first-order valence-corrected chi connectivity index (χ1v) is 11.6. The summed E-state index contributed by atoms with van der Waals surface area (Å²) >= 11 is 0. The van der Waals surface area contributed by atoms with Crippen LogP contribution in [0.3, 0.4) is 0 Å². The molecule has 0 spiro atoms. The van der Waals surface area contributed by atoms with Gasteiger partial charge in [0.05, 0.1) is 6.10 Å². The molecule has 4 saturated carbocycles. The summed E-state index contributed by atoms with van der Waals surface area (Å²) in [5.74, 6) is 1.71. The molecule has 4 aliphatic rings. The van der Waals surface area contributed by atoms with Crippen LogP contribution in [0.4, 0.5) is 0 Å². The molecule has 4 nitrogen and oxygen atoms in total. The van der Waals surface area contributed by atoms with Crippen LogP contribution in [-0.4, -0.2) is 28.1 Å². The van der Waals surface area contributed by atoms with Crippen LogP contribution in [0.15, 0.2) is 0 Å². The summed E-state index contributed by atoms with van der Waals surface area (Å²) in [7, 11) is 0. The third-order valence-corrected chi connectivity index (χ3v) is 10.1. The summed E-state index contributed by atoms with van der Waals surface area (Å²) in [6.07, 6.45) is 10.7. The molecule has 0 aliphatic heterocycles. The number of hydrogen-bond acceptors (Lipinski definition) is 3.